The van der Waals surface area contributed by atoms with Crippen LogP contribution in [0.5, 0.6) is 11.5 Å². The van der Waals surface area contributed by atoms with E-state index in [1.807, 2.05) is 31.2 Å². The molecule has 2 N–H and O–H groups in total. The van der Waals surface area contributed by atoms with Gasteiger partial charge in [-0.3, -0.25) is 14.2 Å². The highest BCUT2D eigenvalue weighted by Gasteiger charge is 2.21. The molecule has 1 heterocycles. The SMILES string of the molecule is COc1ccc(OC)c(-n2c(CNC(=O)c3cc(Br)ccc3Cl)nnc2SCC(=O)Nc2cccc(C)c2)c1. The molecule has 2 amide bonds. The summed E-state index contributed by atoms with van der Waals surface area (Å²) in [5, 5.41) is 15.1. The van der Waals surface area contributed by atoms with E-state index in [-0.39, 0.29) is 24.1 Å². The van der Waals surface area contributed by atoms with Gasteiger partial charge in [0.05, 0.1) is 42.8 Å². The third-order valence-corrected chi connectivity index (χ3v) is 7.29. The van der Waals surface area contributed by atoms with Crippen LogP contribution in [-0.2, 0) is 11.3 Å². The number of rotatable bonds is 10. The Hall–Kier alpha value is -3.54. The minimum atomic E-state index is -0.375. The molecule has 3 aromatic carbocycles. The summed E-state index contributed by atoms with van der Waals surface area (Å²) in [5.41, 5.74) is 2.67. The molecule has 12 heteroatoms. The number of aromatic nitrogens is 3. The first-order valence-corrected chi connectivity index (χ1v) is 13.8. The Morgan fingerprint density at radius 3 is 2.62 bits per heavy atom. The van der Waals surface area contributed by atoms with Gasteiger partial charge in [0.15, 0.2) is 11.0 Å². The Kier molecular flexibility index (Phi) is 9.50. The van der Waals surface area contributed by atoms with Crippen molar-refractivity contribution in [1.29, 1.82) is 0 Å². The lowest BCUT2D eigenvalue weighted by molar-refractivity contribution is -0.113. The van der Waals surface area contributed by atoms with Crippen molar-refractivity contribution < 1.29 is 19.1 Å². The van der Waals surface area contributed by atoms with Crippen LogP contribution in [-0.4, -0.2) is 46.6 Å². The first kappa shape index (κ1) is 28.5. The highest BCUT2D eigenvalue weighted by atomic mass is 79.9. The van der Waals surface area contributed by atoms with Crippen molar-refractivity contribution in [2.24, 2.45) is 0 Å². The first-order valence-electron chi connectivity index (χ1n) is 11.7. The molecule has 39 heavy (non-hydrogen) atoms. The predicted molar refractivity (Wildman–Crippen MR) is 155 cm³/mol. The molecule has 0 radical (unpaired) electrons. The van der Waals surface area contributed by atoms with Gasteiger partial charge in [-0.2, -0.15) is 0 Å². The topological polar surface area (TPSA) is 107 Å². The van der Waals surface area contributed by atoms with E-state index in [0.717, 1.165) is 10.0 Å². The Labute approximate surface area is 243 Å². The lowest BCUT2D eigenvalue weighted by Gasteiger charge is -2.15. The molecular weight excluding hydrogens is 606 g/mol. The first-order chi connectivity index (χ1) is 18.8. The molecule has 0 spiro atoms. The van der Waals surface area contributed by atoms with E-state index in [9.17, 15) is 9.59 Å². The zero-order valence-corrected chi connectivity index (χ0v) is 24.5. The van der Waals surface area contributed by atoms with Crippen LogP contribution in [0.1, 0.15) is 21.7 Å². The lowest BCUT2D eigenvalue weighted by atomic mass is 10.2. The van der Waals surface area contributed by atoms with Crippen LogP contribution < -0.4 is 20.1 Å². The van der Waals surface area contributed by atoms with Crippen molar-refractivity contribution in [3.8, 4) is 17.2 Å². The molecule has 9 nitrogen and oxygen atoms in total. The molecule has 0 aliphatic carbocycles. The van der Waals surface area contributed by atoms with E-state index in [2.05, 4.69) is 36.8 Å². The van der Waals surface area contributed by atoms with Crippen molar-refractivity contribution in [2.45, 2.75) is 18.6 Å². The second-order valence-electron chi connectivity index (χ2n) is 8.29. The standard InChI is InChI=1S/C27H25BrClN5O4S/c1-16-5-4-6-18(11-16)31-25(35)15-39-27-33-32-24(14-30-26(36)20-12-17(28)7-9-21(20)29)34(27)22-13-19(37-2)8-10-23(22)38-3/h4-13H,14-15H2,1-3H3,(H,30,36)(H,31,35). The molecule has 0 aliphatic rings. The van der Waals surface area contributed by atoms with Crippen LogP contribution in [0, 0.1) is 6.92 Å². The average molecular weight is 631 g/mol. The predicted octanol–water partition coefficient (Wildman–Crippen LogP) is 5.67. The second kappa shape index (κ2) is 13.0. The minimum absolute atomic E-state index is 0.0328. The summed E-state index contributed by atoms with van der Waals surface area (Å²) in [7, 11) is 3.11. The maximum absolute atomic E-state index is 12.9. The smallest absolute Gasteiger partial charge is 0.253 e. The molecular formula is C27H25BrClN5O4S. The van der Waals surface area contributed by atoms with E-state index in [1.165, 1.54) is 11.8 Å². The molecule has 1 aromatic heterocycles. The summed E-state index contributed by atoms with van der Waals surface area (Å²) in [6.07, 6.45) is 0. The highest BCUT2D eigenvalue weighted by Crippen LogP contribution is 2.32. The van der Waals surface area contributed by atoms with Crippen LogP contribution in [0.15, 0.2) is 70.3 Å². The summed E-state index contributed by atoms with van der Waals surface area (Å²) in [6, 6.07) is 17.9. The van der Waals surface area contributed by atoms with Gasteiger partial charge in [0.2, 0.25) is 5.91 Å². The van der Waals surface area contributed by atoms with E-state index in [0.29, 0.717) is 44.4 Å². The quantitative estimate of drug-likeness (QED) is 0.218. The number of nitrogens with zero attached hydrogens (tertiary/aromatic N) is 3. The van der Waals surface area contributed by atoms with Gasteiger partial charge in [-0.15, -0.1) is 10.2 Å². The van der Waals surface area contributed by atoms with E-state index in [1.54, 1.807) is 55.2 Å². The molecule has 0 unspecified atom stereocenters. The van der Waals surface area contributed by atoms with E-state index in [4.69, 9.17) is 21.1 Å². The number of thioether (sulfide) groups is 1. The van der Waals surface area contributed by atoms with Crippen molar-refractivity contribution in [2.75, 3.05) is 25.3 Å². The Balaban J connectivity index is 1.61. The number of nitrogens with one attached hydrogen (secondary N) is 2. The van der Waals surface area contributed by atoms with E-state index < -0.39 is 0 Å². The van der Waals surface area contributed by atoms with Crippen molar-refractivity contribution in [3.63, 3.8) is 0 Å². The van der Waals surface area contributed by atoms with Crippen LogP contribution in [0.2, 0.25) is 5.02 Å². The average Bonchev–Trinajstić information content (AvgIpc) is 3.34. The number of hydrogen-bond acceptors (Lipinski definition) is 7. The molecule has 0 bridgehead atoms. The van der Waals surface area contributed by atoms with Gasteiger partial charge < -0.3 is 20.1 Å². The molecule has 0 saturated carbocycles. The van der Waals surface area contributed by atoms with Gasteiger partial charge >= 0.3 is 0 Å². The number of hydrogen-bond donors (Lipinski definition) is 2. The summed E-state index contributed by atoms with van der Waals surface area (Å²) < 4.78 is 13.5. The Morgan fingerprint density at radius 1 is 1.05 bits per heavy atom. The number of carbonyl (C=O) groups excluding carboxylic acids is 2. The van der Waals surface area contributed by atoms with Gasteiger partial charge in [-0.1, -0.05) is 51.4 Å². The summed E-state index contributed by atoms with van der Waals surface area (Å²) >= 11 is 10.8. The maximum Gasteiger partial charge on any atom is 0.253 e. The van der Waals surface area contributed by atoms with Crippen molar-refractivity contribution in [1.82, 2.24) is 20.1 Å². The van der Waals surface area contributed by atoms with Gasteiger partial charge in [0.25, 0.3) is 5.91 Å². The number of anilines is 1. The second-order valence-corrected chi connectivity index (χ2v) is 10.6. The molecule has 4 rings (SSSR count). The number of carbonyl (C=O) groups is 2. The van der Waals surface area contributed by atoms with Crippen LogP contribution in [0.25, 0.3) is 5.69 Å². The fourth-order valence-corrected chi connectivity index (χ4v) is 5.03. The van der Waals surface area contributed by atoms with Crippen LogP contribution >= 0.6 is 39.3 Å². The number of ether oxygens (including phenoxy) is 2. The lowest BCUT2D eigenvalue weighted by Crippen LogP contribution is -2.25. The number of halogens is 2. The fourth-order valence-electron chi connectivity index (χ4n) is 3.70. The fraction of sp³-hybridized carbons (Fsp3) is 0.185. The largest absolute Gasteiger partial charge is 0.497 e. The van der Waals surface area contributed by atoms with Crippen LogP contribution in [0.3, 0.4) is 0 Å². The molecule has 0 saturated heterocycles. The molecule has 202 valence electrons. The van der Waals surface area contributed by atoms with Gasteiger partial charge in [-0.25, -0.2) is 0 Å². The summed E-state index contributed by atoms with van der Waals surface area (Å²) in [6.45, 7) is 1.99. The summed E-state index contributed by atoms with van der Waals surface area (Å²) in [4.78, 5) is 25.6. The van der Waals surface area contributed by atoms with Crippen molar-refractivity contribution in [3.05, 3.63) is 87.1 Å². The number of benzene rings is 3. The van der Waals surface area contributed by atoms with Crippen molar-refractivity contribution >= 4 is 56.8 Å². The Morgan fingerprint density at radius 2 is 1.87 bits per heavy atom. The highest BCUT2D eigenvalue weighted by molar-refractivity contribution is 9.10. The third kappa shape index (κ3) is 7.11. The van der Waals surface area contributed by atoms with E-state index >= 15 is 0 Å². The Bertz CT molecular complexity index is 1510. The number of methoxy groups -OCH3 is 2. The molecule has 0 atom stereocenters. The molecule has 0 aliphatic heterocycles. The number of aryl methyl sites for hydroxylation is 1. The molecule has 0 fully saturated rings. The number of amides is 2. The monoisotopic (exact) mass is 629 g/mol. The zero-order chi connectivity index (χ0) is 27.9. The normalized spacial score (nSPS) is 10.7. The minimum Gasteiger partial charge on any atom is -0.497 e. The third-order valence-electron chi connectivity index (χ3n) is 5.54. The molecule has 4 aromatic rings. The van der Waals surface area contributed by atoms with Gasteiger partial charge in [0, 0.05) is 16.2 Å². The van der Waals surface area contributed by atoms with Gasteiger partial charge in [-0.05, 0) is 55.0 Å². The summed E-state index contributed by atoms with van der Waals surface area (Å²) in [5.74, 6) is 1.05. The maximum atomic E-state index is 12.9. The zero-order valence-electron chi connectivity index (χ0n) is 21.3. The van der Waals surface area contributed by atoms with Crippen LogP contribution in [0.4, 0.5) is 5.69 Å². The van der Waals surface area contributed by atoms with Gasteiger partial charge in [0.1, 0.15) is 11.5 Å².